The molecule has 1 unspecified atom stereocenters. The molecule has 1 aliphatic heterocycles. The molecule has 1 aliphatic rings. The maximum atomic E-state index is 5.36. The maximum absolute atomic E-state index is 5.36. The summed E-state index contributed by atoms with van der Waals surface area (Å²) >= 11 is 0. The summed E-state index contributed by atoms with van der Waals surface area (Å²) in [4.78, 5) is 4.16. The summed E-state index contributed by atoms with van der Waals surface area (Å²) < 4.78 is 11.5. The number of nitrogens with zero attached hydrogens (tertiary/aromatic N) is 7. The van der Waals surface area contributed by atoms with Crippen molar-refractivity contribution in [2.45, 2.75) is 161 Å². The molecule has 4 heterocycles. The Balaban J connectivity index is 0. The maximum Gasteiger partial charge on any atom is 0.0949 e. The van der Waals surface area contributed by atoms with E-state index in [9.17, 15) is 0 Å². The second-order valence-electron chi connectivity index (χ2n) is 12.4. The third-order valence-electron chi connectivity index (χ3n) is 6.92. The van der Waals surface area contributed by atoms with Crippen molar-refractivity contribution in [2.75, 3.05) is 13.2 Å². The lowest BCUT2D eigenvalue weighted by molar-refractivity contribution is 0.183. The monoisotopic (exact) mass is 632 g/mol. The number of aryl methyl sites for hydroxylation is 4. The van der Waals surface area contributed by atoms with Gasteiger partial charge in [0.25, 0.3) is 0 Å². The second-order valence-corrected chi connectivity index (χ2v) is 12.4. The number of ether oxygens (including phenoxy) is 1. The molecule has 0 amide bonds. The lowest BCUT2D eigenvalue weighted by Crippen LogP contribution is -2.06. The molecule has 0 spiro atoms. The van der Waals surface area contributed by atoms with E-state index in [-0.39, 0.29) is 0 Å². The molecule has 8 heteroatoms. The molecule has 0 N–H and O–H groups in total. The van der Waals surface area contributed by atoms with E-state index in [2.05, 4.69) is 97.4 Å². The van der Waals surface area contributed by atoms with Gasteiger partial charge in [0.1, 0.15) is 0 Å². The minimum absolute atomic E-state index is 0.479. The number of rotatable bonds is 11. The first-order valence-corrected chi connectivity index (χ1v) is 18.0. The Labute approximate surface area is 278 Å². The van der Waals surface area contributed by atoms with Gasteiger partial charge in [0.2, 0.25) is 0 Å². The zero-order valence-electron chi connectivity index (χ0n) is 32.2. The summed E-state index contributed by atoms with van der Waals surface area (Å²) in [5, 5.41) is 12.6. The summed E-state index contributed by atoms with van der Waals surface area (Å²) in [5.74, 6) is 3.31. The van der Waals surface area contributed by atoms with E-state index >= 15 is 0 Å². The number of hydrogen-bond acceptors (Lipinski definition) is 5. The molecule has 0 aliphatic carbocycles. The van der Waals surface area contributed by atoms with Crippen molar-refractivity contribution in [1.29, 1.82) is 0 Å². The molecule has 3 aromatic rings. The van der Waals surface area contributed by atoms with Crippen molar-refractivity contribution in [3.05, 3.63) is 48.1 Å². The summed E-state index contributed by atoms with van der Waals surface area (Å²) in [6.07, 6.45) is 15.0. The van der Waals surface area contributed by atoms with Crippen LogP contribution in [0.25, 0.3) is 0 Å². The average Bonchev–Trinajstić information content (AvgIpc) is 3.86. The van der Waals surface area contributed by atoms with Crippen LogP contribution in [0.3, 0.4) is 0 Å². The van der Waals surface area contributed by atoms with Gasteiger partial charge < -0.3 is 9.30 Å². The quantitative estimate of drug-likeness (QED) is 0.210. The predicted octanol–water partition coefficient (Wildman–Crippen LogP) is 10.2. The Morgan fingerprint density at radius 1 is 0.778 bits per heavy atom. The summed E-state index contributed by atoms with van der Waals surface area (Å²) in [7, 11) is 0. The standard InChI is InChI=1S/C12H20N2O.C10H19N3.C9H16N2.3C2H6/c1-10(2)12-7-13-14(8-12)5-3-11-4-6-15-9-11;1-8(2)5-6-13-7-10(9(3)4)11-12-13;1-8(2)4-5-11-6-9(3)10-7-11;3*1-2/h7-8,10-11H,3-6,9H2,1-2H3;7-9H,5-6H2,1-4H3;6-8H,4-5H2,1-3H3;3*1-2H3. The molecule has 0 aromatic carbocycles. The van der Waals surface area contributed by atoms with Crippen molar-refractivity contribution < 1.29 is 4.74 Å². The SMILES string of the molecule is CC.CC.CC.CC(C)CCn1cc(C(C)C)nn1.CC(C)c1cnn(CCC2CCOC2)c1.Cc1cn(CCC(C)C)cn1. The van der Waals surface area contributed by atoms with Crippen LogP contribution in [0.5, 0.6) is 0 Å². The van der Waals surface area contributed by atoms with E-state index in [1.165, 1.54) is 31.2 Å². The van der Waals surface area contributed by atoms with Gasteiger partial charge in [-0.15, -0.1) is 5.10 Å². The molecule has 8 nitrogen and oxygen atoms in total. The fraction of sp³-hybridized carbons (Fsp3) is 0.784. The Bertz CT molecular complexity index is 1030. The van der Waals surface area contributed by atoms with Gasteiger partial charge in [0.05, 0.1) is 23.9 Å². The van der Waals surface area contributed by atoms with Gasteiger partial charge in [-0.25, -0.2) is 4.98 Å². The van der Waals surface area contributed by atoms with Gasteiger partial charge in [-0.05, 0) is 67.8 Å². The van der Waals surface area contributed by atoms with Crippen molar-refractivity contribution in [3.63, 3.8) is 0 Å². The highest BCUT2D eigenvalue weighted by atomic mass is 16.5. The van der Waals surface area contributed by atoms with Crippen LogP contribution in [0.15, 0.2) is 31.1 Å². The zero-order chi connectivity index (χ0) is 34.8. The lowest BCUT2D eigenvalue weighted by Gasteiger charge is -2.06. The highest BCUT2D eigenvalue weighted by molar-refractivity contribution is 5.08. The average molecular weight is 632 g/mol. The Kier molecular flexibility index (Phi) is 27.6. The molecule has 0 radical (unpaired) electrons. The minimum atomic E-state index is 0.479. The lowest BCUT2D eigenvalue weighted by atomic mass is 10.1. The largest absolute Gasteiger partial charge is 0.381 e. The molecule has 262 valence electrons. The van der Waals surface area contributed by atoms with Crippen molar-refractivity contribution in [1.82, 2.24) is 34.3 Å². The molecule has 3 aromatic heterocycles. The summed E-state index contributed by atoms with van der Waals surface area (Å²) in [5.41, 5.74) is 3.52. The van der Waals surface area contributed by atoms with Gasteiger partial charge in [0.15, 0.2) is 0 Å². The molecule has 1 saturated heterocycles. The van der Waals surface area contributed by atoms with E-state index < -0.39 is 0 Å². The van der Waals surface area contributed by atoms with Gasteiger partial charge >= 0.3 is 0 Å². The zero-order valence-corrected chi connectivity index (χ0v) is 32.2. The van der Waals surface area contributed by atoms with E-state index in [0.29, 0.717) is 11.8 Å². The smallest absolute Gasteiger partial charge is 0.0949 e. The summed E-state index contributed by atoms with van der Waals surface area (Å²) in [6.45, 7) is 36.6. The molecular formula is C37H73N7O. The first kappa shape index (κ1) is 44.6. The predicted molar refractivity (Wildman–Crippen MR) is 194 cm³/mol. The number of imidazole rings is 1. The highest BCUT2D eigenvalue weighted by Crippen LogP contribution is 2.18. The first-order chi connectivity index (χ1) is 21.5. The third kappa shape index (κ3) is 21.8. The van der Waals surface area contributed by atoms with Crippen LogP contribution in [0, 0.1) is 24.7 Å². The molecular weight excluding hydrogens is 558 g/mol. The van der Waals surface area contributed by atoms with Gasteiger partial charge in [-0.3, -0.25) is 9.36 Å². The van der Waals surface area contributed by atoms with Crippen LogP contribution in [0.2, 0.25) is 0 Å². The highest BCUT2D eigenvalue weighted by Gasteiger charge is 2.15. The fourth-order valence-electron chi connectivity index (χ4n) is 4.00. The third-order valence-corrected chi connectivity index (χ3v) is 6.92. The first-order valence-electron chi connectivity index (χ1n) is 18.0. The van der Waals surface area contributed by atoms with Gasteiger partial charge in [0, 0.05) is 51.4 Å². The van der Waals surface area contributed by atoms with Crippen molar-refractivity contribution in [3.8, 4) is 0 Å². The number of aromatic nitrogens is 7. The fourth-order valence-corrected chi connectivity index (χ4v) is 4.00. The van der Waals surface area contributed by atoms with E-state index in [1.54, 1.807) is 0 Å². The Morgan fingerprint density at radius 3 is 1.84 bits per heavy atom. The molecule has 1 atom stereocenters. The van der Waals surface area contributed by atoms with Crippen LogP contribution in [0.1, 0.15) is 151 Å². The van der Waals surface area contributed by atoms with Gasteiger partial charge in [-0.2, -0.15) is 5.10 Å². The van der Waals surface area contributed by atoms with E-state index in [1.807, 2.05) is 71.9 Å². The topological polar surface area (TPSA) is 75.6 Å². The molecule has 0 bridgehead atoms. The molecule has 45 heavy (non-hydrogen) atoms. The van der Waals surface area contributed by atoms with Crippen LogP contribution < -0.4 is 0 Å². The molecule has 4 rings (SSSR count). The summed E-state index contributed by atoms with van der Waals surface area (Å²) in [6, 6.07) is 0. The van der Waals surface area contributed by atoms with E-state index in [0.717, 1.165) is 62.0 Å². The van der Waals surface area contributed by atoms with Crippen molar-refractivity contribution in [2.24, 2.45) is 17.8 Å². The van der Waals surface area contributed by atoms with E-state index in [4.69, 9.17) is 4.74 Å². The van der Waals surface area contributed by atoms with Crippen LogP contribution in [-0.4, -0.2) is 47.5 Å². The Morgan fingerprint density at radius 2 is 1.40 bits per heavy atom. The van der Waals surface area contributed by atoms with Crippen molar-refractivity contribution >= 4 is 0 Å². The number of hydrogen-bond donors (Lipinski definition) is 0. The van der Waals surface area contributed by atoms with Crippen LogP contribution in [0.4, 0.5) is 0 Å². The molecule has 0 saturated carbocycles. The second kappa shape index (κ2) is 27.8. The van der Waals surface area contributed by atoms with Crippen LogP contribution in [-0.2, 0) is 24.4 Å². The molecule has 1 fully saturated rings. The van der Waals surface area contributed by atoms with Gasteiger partial charge in [-0.1, -0.05) is 102 Å². The minimum Gasteiger partial charge on any atom is -0.381 e. The normalized spacial score (nSPS) is 13.5. The van der Waals surface area contributed by atoms with Crippen LogP contribution >= 0.6 is 0 Å². The Hall–Kier alpha value is -2.48.